The van der Waals surface area contributed by atoms with Crippen LogP contribution in [0, 0.1) is 23.1 Å². The Kier molecular flexibility index (Phi) is 6.50. The first-order valence-electron chi connectivity index (χ1n) is 9.51. The summed E-state index contributed by atoms with van der Waals surface area (Å²) >= 11 is 0. The van der Waals surface area contributed by atoms with Crippen LogP contribution in [0.15, 0.2) is 29.3 Å². The molecule has 1 aromatic carbocycles. The molecule has 1 aromatic heterocycles. The van der Waals surface area contributed by atoms with Crippen molar-refractivity contribution in [2.75, 3.05) is 35.7 Å². The Morgan fingerprint density at radius 2 is 2.00 bits per heavy atom. The summed E-state index contributed by atoms with van der Waals surface area (Å²) < 4.78 is 64.9. The van der Waals surface area contributed by atoms with Crippen molar-refractivity contribution in [1.29, 1.82) is 5.26 Å². The maximum absolute atomic E-state index is 13.9. The van der Waals surface area contributed by atoms with Gasteiger partial charge in [0.05, 0.1) is 21.7 Å². The van der Waals surface area contributed by atoms with Gasteiger partial charge in [-0.15, -0.1) is 0 Å². The Bertz CT molecular complexity index is 1040. The molecule has 0 aliphatic carbocycles. The van der Waals surface area contributed by atoms with E-state index in [1.165, 1.54) is 18.4 Å². The van der Waals surface area contributed by atoms with E-state index in [4.69, 9.17) is 5.26 Å². The van der Waals surface area contributed by atoms with E-state index in [-0.39, 0.29) is 22.8 Å². The molecule has 2 unspecified atom stereocenters. The predicted octanol–water partition coefficient (Wildman–Crippen LogP) is 3.59. The number of benzene rings is 1. The topological polar surface area (TPSA) is 73.1 Å². The Morgan fingerprint density at radius 3 is 2.58 bits per heavy atom. The van der Waals surface area contributed by atoms with Gasteiger partial charge in [-0.1, -0.05) is 13.8 Å². The molecule has 2 aromatic rings. The second-order valence-electron chi connectivity index (χ2n) is 7.56. The van der Waals surface area contributed by atoms with Gasteiger partial charge in [0.1, 0.15) is 17.4 Å². The second kappa shape index (κ2) is 8.78. The van der Waals surface area contributed by atoms with Gasteiger partial charge in [0.15, 0.2) is 5.69 Å². The molecular weight excluding hydrogens is 434 g/mol. The minimum Gasteiger partial charge on any atom is -0.368 e. The molecule has 1 fully saturated rings. The first-order chi connectivity index (χ1) is 14.5. The number of halogens is 4. The van der Waals surface area contributed by atoms with Gasteiger partial charge in [0.2, 0.25) is 5.95 Å². The first-order valence-corrected chi connectivity index (χ1v) is 11.1. The number of aromatic nitrogens is 2. The summed E-state index contributed by atoms with van der Waals surface area (Å²) in [5, 5.41) is 9.14. The monoisotopic (exact) mass is 455 g/mol. The molecule has 31 heavy (non-hydrogen) atoms. The van der Waals surface area contributed by atoms with Crippen molar-refractivity contribution in [2.24, 2.45) is 5.92 Å². The van der Waals surface area contributed by atoms with E-state index in [9.17, 15) is 21.8 Å². The molecule has 1 saturated heterocycles. The minimum atomic E-state index is -4.71. The van der Waals surface area contributed by atoms with Crippen molar-refractivity contribution in [3.8, 4) is 6.07 Å². The highest BCUT2D eigenvalue weighted by atomic mass is 32.2. The molecule has 0 amide bonds. The van der Waals surface area contributed by atoms with Crippen LogP contribution in [0.4, 0.5) is 29.2 Å². The highest BCUT2D eigenvalue weighted by Gasteiger charge is 2.37. The van der Waals surface area contributed by atoms with Crippen LogP contribution in [0.25, 0.3) is 0 Å². The third-order valence-corrected chi connectivity index (χ3v) is 6.15. The van der Waals surface area contributed by atoms with E-state index in [1.54, 1.807) is 17.0 Å². The largest absolute Gasteiger partial charge is 0.420 e. The van der Waals surface area contributed by atoms with Gasteiger partial charge in [-0.2, -0.15) is 18.4 Å². The van der Waals surface area contributed by atoms with Crippen LogP contribution in [-0.2, 0) is 17.0 Å². The van der Waals surface area contributed by atoms with Crippen molar-refractivity contribution in [3.05, 3.63) is 41.5 Å². The minimum absolute atomic E-state index is 0.0670. The normalized spacial score (nSPS) is 18.2. The van der Waals surface area contributed by atoms with Crippen molar-refractivity contribution in [1.82, 2.24) is 9.97 Å². The summed E-state index contributed by atoms with van der Waals surface area (Å²) in [5.41, 5.74) is -1.16. The average molecular weight is 455 g/mol. The van der Waals surface area contributed by atoms with Gasteiger partial charge in [0.25, 0.3) is 0 Å². The van der Waals surface area contributed by atoms with Crippen LogP contribution in [-0.4, -0.2) is 46.1 Å². The molecule has 3 rings (SSSR count). The van der Waals surface area contributed by atoms with Gasteiger partial charge in [-0.25, -0.2) is 14.4 Å². The van der Waals surface area contributed by atoms with Crippen LogP contribution in [0.1, 0.15) is 25.1 Å². The lowest BCUT2D eigenvalue weighted by molar-refractivity contribution is -0.138. The molecule has 0 radical (unpaired) electrons. The standard InChI is InChI=1S/C20H21F4N5OS/c1-12(2)17-11-28(13-4-5-15(21)18(8-13)31(3)30)6-7-29(17)19-26-10-14(20(22,23)24)16(9-25)27-19/h4-5,8,10,12,17H,6-7,11H2,1-3H3. The molecule has 2 heterocycles. The van der Waals surface area contributed by atoms with E-state index in [0.29, 0.717) is 31.5 Å². The quantitative estimate of drug-likeness (QED) is 0.656. The van der Waals surface area contributed by atoms with E-state index in [0.717, 1.165) is 0 Å². The number of nitriles is 1. The predicted molar refractivity (Wildman–Crippen MR) is 109 cm³/mol. The Morgan fingerprint density at radius 1 is 1.29 bits per heavy atom. The number of hydrogen-bond donors (Lipinski definition) is 0. The summed E-state index contributed by atoms with van der Waals surface area (Å²) in [4.78, 5) is 11.7. The number of nitrogens with zero attached hydrogens (tertiary/aromatic N) is 5. The third-order valence-electron chi connectivity index (χ3n) is 5.22. The van der Waals surface area contributed by atoms with Gasteiger partial charge in [-0.3, -0.25) is 4.21 Å². The molecule has 0 bridgehead atoms. The smallest absolute Gasteiger partial charge is 0.368 e. The zero-order valence-corrected chi connectivity index (χ0v) is 18.0. The van der Waals surface area contributed by atoms with E-state index < -0.39 is 34.1 Å². The Labute approximate surface area is 180 Å². The van der Waals surface area contributed by atoms with Crippen molar-refractivity contribution < 1.29 is 21.8 Å². The van der Waals surface area contributed by atoms with Crippen LogP contribution >= 0.6 is 0 Å². The zero-order chi connectivity index (χ0) is 22.9. The molecule has 0 N–H and O–H groups in total. The van der Waals surface area contributed by atoms with Crippen molar-refractivity contribution in [2.45, 2.75) is 31.0 Å². The molecule has 0 spiro atoms. The number of piperazine rings is 1. The molecule has 0 saturated carbocycles. The third kappa shape index (κ3) is 4.79. The fraction of sp³-hybridized carbons (Fsp3) is 0.450. The summed E-state index contributed by atoms with van der Waals surface area (Å²) in [6, 6.07) is 5.79. The SMILES string of the molecule is CC(C)C1CN(c2ccc(F)c(S(C)=O)c2)CCN1c1ncc(C(F)(F)F)c(C#N)n1. The lowest BCUT2D eigenvalue weighted by atomic mass is 9.99. The molecule has 2 atom stereocenters. The van der Waals surface area contributed by atoms with Crippen molar-refractivity contribution >= 4 is 22.4 Å². The van der Waals surface area contributed by atoms with Crippen LogP contribution in [0.5, 0.6) is 0 Å². The van der Waals surface area contributed by atoms with Gasteiger partial charge in [0, 0.05) is 37.8 Å². The fourth-order valence-electron chi connectivity index (χ4n) is 3.58. The number of alkyl halides is 3. The molecular formula is C20H21F4N5OS. The second-order valence-corrected chi connectivity index (χ2v) is 8.91. The van der Waals surface area contributed by atoms with Gasteiger partial charge >= 0.3 is 6.18 Å². The van der Waals surface area contributed by atoms with Crippen LogP contribution in [0.2, 0.25) is 0 Å². The summed E-state index contributed by atoms with van der Waals surface area (Å²) in [5.74, 6) is -0.386. The fourth-order valence-corrected chi connectivity index (χ4v) is 4.21. The zero-order valence-electron chi connectivity index (χ0n) is 17.1. The number of anilines is 2. The summed E-state index contributed by atoms with van der Waals surface area (Å²) in [7, 11) is -1.48. The maximum atomic E-state index is 13.9. The average Bonchev–Trinajstić information content (AvgIpc) is 2.72. The van der Waals surface area contributed by atoms with E-state index in [2.05, 4.69) is 9.97 Å². The van der Waals surface area contributed by atoms with Crippen LogP contribution in [0.3, 0.4) is 0 Å². The van der Waals surface area contributed by atoms with Gasteiger partial charge < -0.3 is 9.80 Å². The Balaban J connectivity index is 1.91. The lowest BCUT2D eigenvalue weighted by Crippen LogP contribution is -2.56. The molecule has 6 nitrogen and oxygen atoms in total. The van der Waals surface area contributed by atoms with Crippen LogP contribution < -0.4 is 9.80 Å². The van der Waals surface area contributed by atoms with Gasteiger partial charge in [-0.05, 0) is 24.1 Å². The van der Waals surface area contributed by atoms with Crippen molar-refractivity contribution in [3.63, 3.8) is 0 Å². The molecule has 1 aliphatic heterocycles. The van der Waals surface area contributed by atoms with E-state index in [1.807, 2.05) is 18.7 Å². The Hall–Kier alpha value is -2.74. The maximum Gasteiger partial charge on any atom is 0.420 e. The molecule has 11 heteroatoms. The summed E-state index contributed by atoms with van der Waals surface area (Å²) in [6.45, 7) is 5.27. The lowest BCUT2D eigenvalue weighted by Gasteiger charge is -2.44. The number of rotatable bonds is 4. The molecule has 166 valence electrons. The first kappa shape index (κ1) is 22.9. The number of hydrogen-bond acceptors (Lipinski definition) is 6. The molecule has 1 aliphatic rings. The summed E-state index contributed by atoms with van der Waals surface area (Å²) in [6.07, 6.45) is -2.65. The van der Waals surface area contributed by atoms with E-state index >= 15 is 0 Å². The highest BCUT2D eigenvalue weighted by Crippen LogP contribution is 2.32. The highest BCUT2D eigenvalue weighted by molar-refractivity contribution is 7.84.